The number of fused-ring (bicyclic) bond motifs is 1. The van der Waals surface area contributed by atoms with Gasteiger partial charge in [-0.25, -0.2) is 5.06 Å². The molecule has 4 heteroatoms. The van der Waals surface area contributed by atoms with Gasteiger partial charge in [0.15, 0.2) is 0 Å². The third kappa shape index (κ3) is 4.27. The molecule has 2 heterocycles. The van der Waals surface area contributed by atoms with Gasteiger partial charge in [0.05, 0.1) is 17.1 Å². The van der Waals surface area contributed by atoms with Gasteiger partial charge >= 0.3 is 0 Å². The number of hydroxylamine groups is 1. The summed E-state index contributed by atoms with van der Waals surface area (Å²) in [6.45, 7) is 4.27. The van der Waals surface area contributed by atoms with E-state index >= 15 is 0 Å². The summed E-state index contributed by atoms with van der Waals surface area (Å²) in [5, 5.41) is 2.11. The van der Waals surface area contributed by atoms with Crippen molar-refractivity contribution in [2.45, 2.75) is 32.4 Å². The zero-order valence-electron chi connectivity index (χ0n) is 22.0. The van der Waals surface area contributed by atoms with Crippen molar-refractivity contribution in [3.63, 3.8) is 0 Å². The molecule has 190 valence electrons. The highest BCUT2D eigenvalue weighted by Crippen LogP contribution is 2.47. The van der Waals surface area contributed by atoms with Crippen molar-refractivity contribution in [2.24, 2.45) is 0 Å². The monoisotopic (exact) mass is 500 g/mol. The molecule has 0 spiro atoms. The zero-order valence-corrected chi connectivity index (χ0v) is 22.0. The highest BCUT2D eigenvalue weighted by Gasteiger charge is 2.39. The van der Waals surface area contributed by atoms with Gasteiger partial charge in [0.1, 0.15) is 19.3 Å². The zero-order chi connectivity index (χ0) is 26.1. The van der Waals surface area contributed by atoms with Crippen LogP contribution >= 0.6 is 0 Å². The summed E-state index contributed by atoms with van der Waals surface area (Å²) in [5.41, 5.74) is 10.3. The van der Waals surface area contributed by atoms with Crippen molar-refractivity contribution < 1.29 is 9.68 Å². The maximum Gasteiger partial charge on any atom is 0.115 e. The van der Waals surface area contributed by atoms with Crippen LogP contribution in [0.1, 0.15) is 45.7 Å². The van der Waals surface area contributed by atoms with E-state index in [9.17, 15) is 0 Å². The summed E-state index contributed by atoms with van der Waals surface area (Å²) in [5.74, 6) is 0. The highest BCUT2D eigenvalue weighted by molar-refractivity contribution is 5.71. The second-order valence-corrected chi connectivity index (χ2v) is 9.85. The van der Waals surface area contributed by atoms with E-state index < -0.39 is 0 Å². The van der Waals surface area contributed by atoms with E-state index in [4.69, 9.17) is 9.68 Å². The first-order valence-corrected chi connectivity index (χ1v) is 13.1. The van der Waals surface area contributed by atoms with Gasteiger partial charge < -0.3 is 4.84 Å². The summed E-state index contributed by atoms with van der Waals surface area (Å²) in [7, 11) is 1.75. The lowest BCUT2D eigenvalue weighted by Crippen LogP contribution is -2.30. The molecule has 1 aromatic heterocycles. The maximum absolute atomic E-state index is 7.01. The molecule has 1 aliphatic heterocycles. The van der Waals surface area contributed by atoms with Crippen LogP contribution in [-0.2, 0) is 11.3 Å². The maximum atomic E-state index is 7.01. The Bertz CT molecular complexity index is 1510. The molecule has 4 aromatic carbocycles. The number of aryl methyl sites for hydroxylation is 1. The van der Waals surface area contributed by atoms with Gasteiger partial charge in [0, 0.05) is 17.5 Å². The first-order valence-electron chi connectivity index (χ1n) is 13.1. The average molecular weight is 501 g/mol. The SMILES string of the molecule is COn1c(C)c2c(c1-c1ccc(C)cc1)[C@@H](c1ccccc1)N(c1ccccc1)O[C@@H](c1ccccc1)C2. The smallest absolute Gasteiger partial charge is 0.115 e. The van der Waals surface area contributed by atoms with Crippen LogP contribution in [0.5, 0.6) is 0 Å². The van der Waals surface area contributed by atoms with Crippen LogP contribution in [-0.4, -0.2) is 11.8 Å². The highest BCUT2D eigenvalue weighted by atomic mass is 16.7. The van der Waals surface area contributed by atoms with Crippen molar-refractivity contribution in [1.82, 2.24) is 4.73 Å². The van der Waals surface area contributed by atoms with E-state index in [-0.39, 0.29) is 12.1 Å². The van der Waals surface area contributed by atoms with Crippen LogP contribution in [0.4, 0.5) is 5.69 Å². The Morgan fingerprint density at radius 1 is 0.711 bits per heavy atom. The number of anilines is 1. The summed E-state index contributed by atoms with van der Waals surface area (Å²) < 4.78 is 2.00. The van der Waals surface area contributed by atoms with Gasteiger partial charge in [0.25, 0.3) is 0 Å². The van der Waals surface area contributed by atoms with E-state index in [0.29, 0.717) is 0 Å². The second-order valence-electron chi connectivity index (χ2n) is 9.85. The molecule has 38 heavy (non-hydrogen) atoms. The Labute approximate surface area is 224 Å². The van der Waals surface area contributed by atoms with E-state index in [1.807, 2.05) is 10.8 Å². The van der Waals surface area contributed by atoms with E-state index in [0.717, 1.165) is 40.2 Å². The lowest BCUT2D eigenvalue weighted by Gasteiger charge is -2.34. The summed E-state index contributed by atoms with van der Waals surface area (Å²) in [6.07, 6.45) is 0.564. The predicted octanol–water partition coefficient (Wildman–Crippen LogP) is 7.66. The Morgan fingerprint density at radius 2 is 1.29 bits per heavy atom. The van der Waals surface area contributed by atoms with Crippen molar-refractivity contribution >= 4 is 5.69 Å². The number of hydrogen-bond donors (Lipinski definition) is 0. The van der Waals surface area contributed by atoms with Crippen LogP contribution in [0.25, 0.3) is 11.3 Å². The van der Waals surface area contributed by atoms with Crippen molar-refractivity contribution in [2.75, 3.05) is 12.2 Å². The number of benzene rings is 4. The predicted molar refractivity (Wildman–Crippen MR) is 153 cm³/mol. The molecule has 2 atom stereocenters. The number of aromatic nitrogens is 1. The molecule has 0 unspecified atom stereocenters. The molecule has 4 nitrogen and oxygen atoms in total. The molecular weight excluding hydrogens is 468 g/mol. The minimum absolute atomic E-state index is 0.166. The largest absolute Gasteiger partial charge is 0.417 e. The molecule has 0 saturated carbocycles. The molecule has 0 aliphatic carbocycles. The lowest BCUT2D eigenvalue weighted by molar-refractivity contribution is 0.0259. The molecule has 6 rings (SSSR count). The van der Waals surface area contributed by atoms with Gasteiger partial charge in [0.2, 0.25) is 0 Å². The van der Waals surface area contributed by atoms with E-state index in [2.05, 4.69) is 128 Å². The van der Waals surface area contributed by atoms with Gasteiger partial charge in [-0.1, -0.05) is 109 Å². The van der Waals surface area contributed by atoms with Crippen molar-refractivity contribution in [1.29, 1.82) is 0 Å². The Kier molecular flexibility index (Phi) is 6.48. The van der Waals surface area contributed by atoms with E-state index in [1.165, 1.54) is 16.7 Å². The van der Waals surface area contributed by atoms with Crippen LogP contribution in [0.15, 0.2) is 115 Å². The standard InChI is InChI=1S/C34H32N2O2/c1-24-19-21-28(22-20-24)33-32-30(25(2)35(33)37-3)23-31(26-13-7-4-8-14-26)38-36(29-17-11-6-12-18-29)34(32)27-15-9-5-10-16-27/h4-22,31,34H,23H2,1-3H3/t31-,34-/m1/s1. The first-order chi connectivity index (χ1) is 18.7. The third-order valence-corrected chi connectivity index (χ3v) is 7.47. The van der Waals surface area contributed by atoms with E-state index in [1.54, 1.807) is 7.11 Å². The molecule has 0 radical (unpaired) electrons. The first kappa shape index (κ1) is 24.1. The molecule has 0 saturated heterocycles. The molecule has 0 amide bonds. The second kappa shape index (κ2) is 10.2. The quantitative estimate of drug-likeness (QED) is 0.248. The lowest BCUT2D eigenvalue weighted by atomic mass is 9.89. The molecule has 5 aromatic rings. The van der Waals surface area contributed by atoms with Crippen LogP contribution in [0, 0.1) is 13.8 Å². The minimum atomic E-state index is -0.186. The van der Waals surface area contributed by atoms with Crippen molar-refractivity contribution in [3.8, 4) is 11.3 Å². The number of rotatable bonds is 5. The molecule has 0 bridgehead atoms. The number of para-hydroxylation sites is 1. The normalized spacial score (nSPS) is 17.1. The molecule has 0 fully saturated rings. The van der Waals surface area contributed by atoms with Crippen molar-refractivity contribution in [3.05, 3.63) is 149 Å². The van der Waals surface area contributed by atoms with Crippen LogP contribution < -0.4 is 9.90 Å². The van der Waals surface area contributed by atoms with Gasteiger partial charge in [-0.3, -0.25) is 4.84 Å². The third-order valence-electron chi connectivity index (χ3n) is 7.47. The molecule has 0 N–H and O–H groups in total. The van der Waals surface area contributed by atoms with Crippen LogP contribution in [0.2, 0.25) is 0 Å². The summed E-state index contributed by atoms with van der Waals surface area (Å²) in [6, 6.07) is 40.1. The molecular formula is C34H32N2O2. The Balaban J connectivity index is 1.67. The number of nitrogens with zero attached hydrogens (tertiary/aromatic N) is 2. The molecule has 1 aliphatic rings. The fraction of sp³-hybridized carbons (Fsp3) is 0.176. The summed E-state index contributed by atoms with van der Waals surface area (Å²) in [4.78, 5) is 13.1. The average Bonchev–Trinajstić information content (AvgIpc) is 3.12. The minimum Gasteiger partial charge on any atom is -0.417 e. The Hall–Kier alpha value is -4.28. The Morgan fingerprint density at radius 3 is 1.89 bits per heavy atom. The van der Waals surface area contributed by atoms with Gasteiger partial charge in [-0.2, -0.15) is 4.73 Å². The van der Waals surface area contributed by atoms with Gasteiger partial charge in [-0.15, -0.1) is 0 Å². The topological polar surface area (TPSA) is 26.6 Å². The van der Waals surface area contributed by atoms with Crippen LogP contribution in [0.3, 0.4) is 0 Å². The fourth-order valence-corrected chi connectivity index (χ4v) is 5.61. The van der Waals surface area contributed by atoms with Gasteiger partial charge in [-0.05, 0) is 42.7 Å². The fourth-order valence-electron chi connectivity index (χ4n) is 5.61. The summed E-state index contributed by atoms with van der Waals surface area (Å²) >= 11 is 0. The number of hydrogen-bond acceptors (Lipinski definition) is 3.